The van der Waals surface area contributed by atoms with E-state index in [9.17, 15) is 8.42 Å². The van der Waals surface area contributed by atoms with Crippen molar-refractivity contribution in [3.05, 3.63) is 71.8 Å². The fourth-order valence-electron chi connectivity index (χ4n) is 4.61. The smallest absolute Gasteiger partial charge is 0.215 e. The number of hydrogen-bond donors (Lipinski definition) is 2. The molecule has 0 heterocycles. The first-order valence-corrected chi connectivity index (χ1v) is 12.2. The van der Waals surface area contributed by atoms with E-state index >= 15 is 0 Å². The van der Waals surface area contributed by atoms with E-state index < -0.39 is 22.1 Å². The van der Waals surface area contributed by atoms with Crippen molar-refractivity contribution in [3.63, 3.8) is 0 Å². The molecule has 2 aromatic rings. The summed E-state index contributed by atoms with van der Waals surface area (Å²) in [5.41, 5.74) is 8.41. The van der Waals surface area contributed by atoms with E-state index in [1.165, 1.54) is 0 Å². The molecule has 158 valence electrons. The number of benzene rings is 2. The number of sulfonamides is 1. The van der Waals surface area contributed by atoms with Crippen LogP contribution in [0.1, 0.15) is 63.2 Å². The second kappa shape index (κ2) is 9.41. The van der Waals surface area contributed by atoms with E-state index in [1.807, 2.05) is 60.7 Å². The zero-order valence-electron chi connectivity index (χ0n) is 17.7. The van der Waals surface area contributed by atoms with Gasteiger partial charge in [-0.15, -0.1) is 0 Å². The highest BCUT2D eigenvalue weighted by molar-refractivity contribution is 7.90. The largest absolute Gasteiger partial charge is 0.322 e. The van der Waals surface area contributed by atoms with Crippen LogP contribution in [0.25, 0.3) is 0 Å². The molecule has 3 rings (SSSR count). The van der Waals surface area contributed by atoms with Gasteiger partial charge in [0.05, 0.1) is 17.3 Å². The van der Waals surface area contributed by atoms with E-state index in [0.717, 1.165) is 24.0 Å². The summed E-state index contributed by atoms with van der Waals surface area (Å²) in [6, 6.07) is 18.4. The summed E-state index contributed by atoms with van der Waals surface area (Å²) < 4.78 is 30.2. The van der Waals surface area contributed by atoms with Crippen molar-refractivity contribution in [1.82, 2.24) is 4.72 Å². The van der Waals surface area contributed by atoms with Crippen molar-refractivity contribution in [2.75, 3.05) is 0 Å². The summed E-state index contributed by atoms with van der Waals surface area (Å²) in [4.78, 5) is 0. The van der Waals surface area contributed by atoms with Crippen LogP contribution in [-0.2, 0) is 10.0 Å². The SMILES string of the molecule is CC1CCC(C(C)C)C(S(=O)(=O)NC(c2ccccc2)C(N)c2ccccc2)C1. The van der Waals surface area contributed by atoms with Gasteiger partial charge in [-0.1, -0.05) is 87.9 Å². The molecule has 29 heavy (non-hydrogen) atoms. The average Bonchev–Trinajstić information content (AvgIpc) is 2.72. The first kappa shape index (κ1) is 22.0. The van der Waals surface area contributed by atoms with Crippen LogP contribution in [0.5, 0.6) is 0 Å². The number of hydrogen-bond acceptors (Lipinski definition) is 3. The molecule has 0 radical (unpaired) electrons. The predicted molar refractivity (Wildman–Crippen MR) is 120 cm³/mol. The van der Waals surface area contributed by atoms with Gasteiger partial charge in [0.25, 0.3) is 0 Å². The molecule has 4 nitrogen and oxygen atoms in total. The Morgan fingerprint density at radius 1 is 0.931 bits per heavy atom. The lowest BCUT2D eigenvalue weighted by Gasteiger charge is -2.38. The van der Waals surface area contributed by atoms with Crippen molar-refractivity contribution < 1.29 is 8.42 Å². The minimum absolute atomic E-state index is 0.174. The van der Waals surface area contributed by atoms with Crippen LogP contribution in [0.3, 0.4) is 0 Å². The number of nitrogens with one attached hydrogen (secondary N) is 1. The van der Waals surface area contributed by atoms with Gasteiger partial charge in [0.1, 0.15) is 0 Å². The maximum Gasteiger partial charge on any atom is 0.215 e. The molecular formula is C24H34N2O2S. The van der Waals surface area contributed by atoms with Crippen molar-refractivity contribution in [2.24, 2.45) is 23.5 Å². The summed E-state index contributed by atoms with van der Waals surface area (Å²) in [6.45, 7) is 6.42. The van der Waals surface area contributed by atoms with E-state index in [0.29, 0.717) is 18.3 Å². The second-order valence-corrected chi connectivity index (χ2v) is 10.8. The Balaban J connectivity index is 1.94. The minimum atomic E-state index is -3.54. The molecule has 5 atom stereocenters. The molecule has 0 aliphatic heterocycles. The molecule has 1 fully saturated rings. The van der Waals surface area contributed by atoms with E-state index in [-0.39, 0.29) is 11.2 Å². The van der Waals surface area contributed by atoms with Crippen molar-refractivity contribution in [2.45, 2.75) is 57.4 Å². The Morgan fingerprint density at radius 2 is 1.48 bits per heavy atom. The van der Waals surface area contributed by atoms with Gasteiger partial charge in [-0.05, 0) is 41.7 Å². The summed E-state index contributed by atoms with van der Waals surface area (Å²) >= 11 is 0. The second-order valence-electron chi connectivity index (χ2n) is 8.85. The van der Waals surface area contributed by atoms with Crippen LogP contribution in [-0.4, -0.2) is 13.7 Å². The maximum atomic E-state index is 13.6. The highest BCUT2D eigenvalue weighted by Crippen LogP contribution is 2.38. The van der Waals surface area contributed by atoms with Gasteiger partial charge in [0, 0.05) is 0 Å². The third-order valence-electron chi connectivity index (χ3n) is 6.35. The molecule has 5 unspecified atom stereocenters. The normalized spacial score (nSPS) is 24.9. The van der Waals surface area contributed by atoms with E-state index in [1.54, 1.807) is 0 Å². The average molecular weight is 415 g/mol. The predicted octanol–water partition coefficient (Wildman–Crippen LogP) is 4.81. The topological polar surface area (TPSA) is 72.2 Å². The van der Waals surface area contributed by atoms with Crippen molar-refractivity contribution >= 4 is 10.0 Å². The first-order valence-electron chi connectivity index (χ1n) is 10.7. The third-order valence-corrected chi connectivity index (χ3v) is 8.28. The minimum Gasteiger partial charge on any atom is -0.322 e. The highest BCUT2D eigenvalue weighted by atomic mass is 32.2. The summed E-state index contributed by atoms with van der Waals surface area (Å²) in [5, 5.41) is -0.375. The zero-order chi connectivity index (χ0) is 21.0. The van der Waals surface area contributed by atoms with Gasteiger partial charge in [0.15, 0.2) is 0 Å². The lowest BCUT2D eigenvalue weighted by atomic mass is 9.77. The van der Waals surface area contributed by atoms with Crippen LogP contribution in [0.4, 0.5) is 0 Å². The number of rotatable bonds is 7. The number of nitrogens with two attached hydrogens (primary N) is 1. The third kappa shape index (κ3) is 5.27. The van der Waals surface area contributed by atoms with Crippen LogP contribution in [0.2, 0.25) is 0 Å². The van der Waals surface area contributed by atoms with Crippen LogP contribution in [0.15, 0.2) is 60.7 Å². The Labute approximate surface area is 176 Å². The van der Waals surface area contributed by atoms with Gasteiger partial charge in [-0.3, -0.25) is 0 Å². The molecule has 1 aliphatic rings. The Hall–Kier alpha value is -1.69. The van der Waals surface area contributed by atoms with Gasteiger partial charge < -0.3 is 5.73 Å². The van der Waals surface area contributed by atoms with Gasteiger partial charge in [0.2, 0.25) is 10.0 Å². The first-order chi connectivity index (χ1) is 13.8. The van der Waals surface area contributed by atoms with Gasteiger partial charge >= 0.3 is 0 Å². The van der Waals surface area contributed by atoms with Gasteiger partial charge in [-0.25, -0.2) is 13.1 Å². The van der Waals surface area contributed by atoms with E-state index in [2.05, 4.69) is 25.5 Å². The molecule has 2 aromatic carbocycles. The summed E-state index contributed by atoms with van der Waals surface area (Å²) in [7, 11) is -3.54. The zero-order valence-corrected chi connectivity index (χ0v) is 18.5. The maximum absolute atomic E-state index is 13.6. The fraction of sp³-hybridized carbons (Fsp3) is 0.500. The van der Waals surface area contributed by atoms with E-state index in [4.69, 9.17) is 5.73 Å². The van der Waals surface area contributed by atoms with Crippen LogP contribution < -0.4 is 10.5 Å². The summed E-state index contributed by atoms with van der Waals surface area (Å²) in [6.07, 6.45) is 2.77. The van der Waals surface area contributed by atoms with Crippen molar-refractivity contribution in [1.29, 1.82) is 0 Å². The molecule has 0 amide bonds. The Kier molecular flexibility index (Phi) is 7.14. The van der Waals surface area contributed by atoms with Gasteiger partial charge in [-0.2, -0.15) is 0 Å². The molecule has 1 saturated carbocycles. The van der Waals surface area contributed by atoms with Crippen molar-refractivity contribution in [3.8, 4) is 0 Å². The molecule has 0 saturated heterocycles. The molecule has 0 aromatic heterocycles. The molecule has 0 bridgehead atoms. The quantitative estimate of drug-likeness (QED) is 0.683. The molecule has 3 N–H and O–H groups in total. The highest BCUT2D eigenvalue weighted by Gasteiger charge is 2.41. The Bertz CT molecular complexity index is 868. The Morgan fingerprint density at radius 3 is 2.03 bits per heavy atom. The standard InChI is InChI=1S/C24H34N2O2S/c1-17(2)21-15-14-18(3)16-22(21)29(27,28)26-24(20-12-8-5-9-13-20)23(25)19-10-6-4-7-11-19/h4-13,17-18,21-24,26H,14-16,25H2,1-3H3. The van der Waals surface area contributed by atoms with Crippen LogP contribution >= 0.6 is 0 Å². The lowest BCUT2D eigenvalue weighted by Crippen LogP contribution is -2.47. The molecule has 1 aliphatic carbocycles. The molecule has 0 spiro atoms. The molecule has 5 heteroatoms. The lowest BCUT2D eigenvalue weighted by molar-refractivity contribution is 0.235. The molecular weight excluding hydrogens is 380 g/mol. The monoisotopic (exact) mass is 414 g/mol. The fourth-order valence-corrected chi connectivity index (χ4v) is 6.92. The summed E-state index contributed by atoms with van der Waals surface area (Å²) in [5.74, 6) is 0.930. The van der Waals surface area contributed by atoms with Crippen LogP contribution in [0, 0.1) is 17.8 Å².